The van der Waals surface area contributed by atoms with Gasteiger partial charge in [0.1, 0.15) is 0 Å². The van der Waals surface area contributed by atoms with Gasteiger partial charge < -0.3 is 19.5 Å². The average molecular weight is 306 g/mol. The first kappa shape index (κ1) is 15.1. The quantitative estimate of drug-likeness (QED) is 0.897. The molecule has 0 bridgehead atoms. The Labute approximate surface area is 130 Å². The van der Waals surface area contributed by atoms with E-state index in [0.29, 0.717) is 36.7 Å². The van der Waals surface area contributed by atoms with Crippen LogP contribution in [0.3, 0.4) is 0 Å². The molecule has 3 rings (SSSR count). The van der Waals surface area contributed by atoms with E-state index in [1.165, 1.54) is 0 Å². The molecule has 0 radical (unpaired) electrons. The number of aliphatic hydroxyl groups excluding tert-OH is 1. The number of aliphatic hydroxyl groups is 1. The van der Waals surface area contributed by atoms with Gasteiger partial charge in [-0.05, 0) is 24.6 Å². The standard InChI is InChI=1S/C16H22N2O4/c1-2-13(19)10-17-5-7-18(8-6-17)16(20)12-3-4-14-15(9-12)22-11-21-14/h3-4,9,13,19H,2,5-8,10-11H2,1H3. The highest BCUT2D eigenvalue weighted by atomic mass is 16.7. The van der Waals surface area contributed by atoms with E-state index < -0.39 is 0 Å². The van der Waals surface area contributed by atoms with E-state index in [1.807, 2.05) is 11.8 Å². The maximum Gasteiger partial charge on any atom is 0.254 e. The molecule has 1 amide bonds. The molecule has 0 spiro atoms. The van der Waals surface area contributed by atoms with Crippen molar-refractivity contribution in [2.24, 2.45) is 0 Å². The maximum atomic E-state index is 12.5. The van der Waals surface area contributed by atoms with Crippen LogP contribution in [0.5, 0.6) is 11.5 Å². The zero-order chi connectivity index (χ0) is 15.5. The third kappa shape index (κ3) is 3.18. The van der Waals surface area contributed by atoms with Crippen molar-refractivity contribution < 1.29 is 19.4 Å². The van der Waals surface area contributed by atoms with Gasteiger partial charge in [0.25, 0.3) is 5.91 Å². The molecule has 1 aromatic rings. The molecule has 1 atom stereocenters. The van der Waals surface area contributed by atoms with Crippen LogP contribution < -0.4 is 9.47 Å². The lowest BCUT2D eigenvalue weighted by Gasteiger charge is -2.35. The number of benzene rings is 1. The lowest BCUT2D eigenvalue weighted by Crippen LogP contribution is -2.50. The van der Waals surface area contributed by atoms with E-state index in [0.717, 1.165) is 19.5 Å². The number of carbonyl (C=O) groups is 1. The number of fused-ring (bicyclic) bond motifs is 1. The van der Waals surface area contributed by atoms with Crippen molar-refractivity contribution in [3.63, 3.8) is 0 Å². The van der Waals surface area contributed by atoms with E-state index in [2.05, 4.69) is 4.90 Å². The van der Waals surface area contributed by atoms with Crippen LogP contribution in [0.1, 0.15) is 23.7 Å². The minimum Gasteiger partial charge on any atom is -0.454 e. The lowest BCUT2D eigenvalue weighted by molar-refractivity contribution is 0.0523. The smallest absolute Gasteiger partial charge is 0.254 e. The van der Waals surface area contributed by atoms with Crippen LogP contribution in [-0.2, 0) is 0 Å². The highest BCUT2D eigenvalue weighted by molar-refractivity contribution is 5.95. The first-order valence-electron chi connectivity index (χ1n) is 7.76. The first-order valence-corrected chi connectivity index (χ1v) is 7.76. The number of hydrogen-bond donors (Lipinski definition) is 1. The number of carbonyl (C=O) groups excluding carboxylic acids is 1. The molecule has 1 N–H and O–H groups in total. The van der Waals surface area contributed by atoms with Gasteiger partial charge in [-0.1, -0.05) is 6.92 Å². The fraction of sp³-hybridized carbons (Fsp3) is 0.562. The van der Waals surface area contributed by atoms with Gasteiger partial charge in [-0.25, -0.2) is 0 Å². The highest BCUT2D eigenvalue weighted by Crippen LogP contribution is 2.32. The fourth-order valence-corrected chi connectivity index (χ4v) is 2.77. The summed E-state index contributed by atoms with van der Waals surface area (Å²) in [6, 6.07) is 5.31. The zero-order valence-corrected chi connectivity index (χ0v) is 12.8. The Morgan fingerprint density at radius 1 is 1.23 bits per heavy atom. The van der Waals surface area contributed by atoms with Crippen molar-refractivity contribution in [1.29, 1.82) is 0 Å². The lowest BCUT2D eigenvalue weighted by atomic mass is 10.1. The third-order valence-corrected chi connectivity index (χ3v) is 4.22. The third-order valence-electron chi connectivity index (χ3n) is 4.22. The molecule has 1 fully saturated rings. The van der Waals surface area contributed by atoms with Gasteiger partial charge in [0.05, 0.1) is 6.10 Å². The molecule has 0 saturated carbocycles. The number of piperazine rings is 1. The summed E-state index contributed by atoms with van der Waals surface area (Å²) in [6.45, 7) is 5.84. The number of β-amino-alcohol motifs (C(OH)–C–C–N with tert-alkyl or cyclic N) is 1. The summed E-state index contributed by atoms with van der Waals surface area (Å²) >= 11 is 0. The Bertz CT molecular complexity index is 541. The minimum atomic E-state index is -0.281. The van der Waals surface area contributed by atoms with Crippen LogP contribution in [0, 0.1) is 0 Å². The predicted molar refractivity (Wildman–Crippen MR) is 81.2 cm³/mol. The fourth-order valence-electron chi connectivity index (χ4n) is 2.77. The molecule has 1 unspecified atom stereocenters. The molecule has 2 aliphatic heterocycles. The van der Waals surface area contributed by atoms with Crippen LogP contribution >= 0.6 is 0 Å². The van der Waals surface area contributed by atoms with Crippen molar-refractivity contribution in [3.05, 3.63) is 23.8 Å². The van der Waals surface area contributed by atoms with Crippen molar-refractivity contribution in [2.45, 2.75) is 19.4 Å². The molecule has 0 aromatic heterocycles. The van der Waals surface area contributed by atoms with Crippen LogP contribution in [0.15, 0.2) is 18.2 Å². The molecule has 2 aliphatic rings. The Kier molecular flexibility index (Phi) is 4.49. The van der Waals surface area contributed by atoms with Crippen LogP contribution in [0.2, 0.25) is 0 Å². The number of hydrogen-bond acceptors (Lipinski definition) is 5. The van der Waals surface area contributed by atoms with E-state index in [9.17, 15) is 9.90 Å². The van der Waals surface area contributed by atoms with E-state index in [4.69, 9.17) is 9.47 Å². The molecule has 22 heavy (non-hydrogen) atoms. The SMILES string of the molecule is CCC(O)CN1CCN(C(=O)c2ccc3c(c2)OCO3)CC1. The Morgan fingerprint density at radius 2 is 1.95 bits per heavy atom. The zero-order valence-electron chi connectivity index (χ0n) is 12.8. The van der Waals surface area contributed by atoms with Gasteiger partial charge >= 0.3 is 0 Å². The molecular formula is C16H22N2O4. The molecule has 1 aromatic carbocycles. The largest absolute Gasteiger partial charge is 0.454 e. The predicted octanol–water partition coefficient (Wildman–Crippen LogP) is 0.944. The molecule has 6 heteroatoms. The minimum absolute atomic E-state index is 0.0222. The first-order chi connectivity index (χ1) is 10.7. The van der Waals surface area contributed by atoms with Crippen LogP contribution in [-0.4, -0.2) is 66.4 Å². The molecule has 1 saturated heterocycles. The van der Waals surface area contributed by atoms with Gasteiger partial charge in [-0.15, -0.1) is 0 Å². The summed E-state index contributed by atoms with van der Waals surface area (Å²) in [5.41, 5.74) is 0.631. The maximum absolute atomic E-state index is 12.5. The summed E-state index contributed by atoms with van der Waals surface area (Å²) < 4.78 is 10.6. The van der Waals surface area contributed by atoms with Gasteiger partial charge in [0.2, 0.25) is 6.79 Å². The Balaban J connectivity index is 1.58. The summed E-state index contributed by atoms with van der Waals surface area (Å²) in [6.07, 6.45) is 0.479. The average Bonchev–Trinajstić information content (AvgIpc) is 3.02. The second-order valence-electron chi connectivity index (χ2n) is 5.72. The van der Waals surface area contributed by atoms with Gasteiger partial charge in [-0.3, -0.25) is 9.69 Å². The number of ether oxygens (including phenoxy) is 2. The van der Waals surface area contributed by atoms with Gasteiger partial charge in [-0.2, -0.15) is 0 Å². The Hall–Kier alpha value is -1.79. The molecule has 0 aliphatic carbocycles. The van der Waals surface area contributed by atoms with Crippen molar-refractivity contribution >= 4 is 5.91 Å². The summed E-state index contributed by atoms with van der Waals surface area (Å²) in [5, 5.41) is 9.70. The normalized spacial score (nSPS) is 19.3. The molecule has 6 nitrogen and oxygen atoms in total. The monoisotopic (exact) mass is 306 g/mol. The van der Waals surface area contributed by atoms with Crippen molar-refractivity contribution in [1.82, 2.24) is 9.80 Å². The Morgan fingerprint density at radius 3 is 2.68 bits per heavy atom. The van der Waals surface area contributed by atoms with Crippen LogP contribution in [0.25, 0.3) is 0 Å². The van der Waals surface area contributed by atoms with E-state index in [-0.39, 0.29) is 18.8 Å². The van der Waals surface area contributed by atoms with Crippen LogP contribution in [0.4, 0.5) is 0 Å². The number of amides is 1. The number of nitrogens with zero attached hydrogens (tertiary/aromatic N) is 2. The molecular weight excluding hydrogens is 284 g/mol. The highest BCUT2D eigenvalue weighted by Gasteiger charge is 2.24. The van der Waals surface area contributed by atoms with E-state index in [1.54, 1.807) is 18.2 Å². The van der Waals surface area contributed by atoms with Crippen molar-refractivity contribution in [3.8, 4) is 11.5 Å². The van der Waals surface area contributed by atoms with Gasteiger partial charge in [0, 0.05) is 38.3 Å². The summed E-state index contributed by atoms with van der Waals surface area (Å²) in [7, 11) is 0. The summed E-state index contributed by atoms with van der Waals surface area (Å²) in [4.78, 5) is 16.6. The second-order valence-corrected chi connectivity index (χ2v) is 5.72. The van der Waals surface area contributed by atoms with Gasteiger partial charge in [0.15, 0.2) is 11.5 Å². The number of rotatable bonds is 4. The van der Waals surface area contributed by atoms with E-state index >= 15 is 0 Å². The second kappa shape index (κ2) is 6.54. The van der Waals surface area contributed by atoms with Crippen molar-refractivity contribution in [2.75, 3.05) is 39.5 Å². The summed E-state index contributed by atoms with van der Waals surface area (Å²) in [5.74, 6) is 1.35. The topological polar surface area (TPSA) is 62.2 Å². The molecule has 120 valence electrons. The molecule has 2 heterocycles.